The third-order valence-electron chi connectivity index (χ3n) is 2.11. The standard InChI is InChI=1S/C12H14O4.H3N/c1-2-3-8-16-12(15)10-7-5-4-6-9(10)11(13)14;/h4-7H,2-3,8H2,1H3,(H,13,14);1H3/p+1. The number of ether oxygens (including phenoxy) is 1. The summed E-state index contributed by atoms with van der Waals surface area (Å²) in [6, 6.07) is 6.03. The van der Waals surface area contributed by atoms with Crippen LogP contribution in [0.15, 0.2) is 24.3 Å². The van der Waals surface area contributed by atoms with Gasteiger partial charge in [-0.2, -0.15) is 0 Å². The van der Waals surface area contributed by atoms with Crippen LogP contribution in [0.2, 0.25) is 0 Å². The van der Waals surface area contributed by atoms with Gasteiger partial charge in [0.05, 0.1) is 17.7 Å². The quantitative estimate of drug-likeness (QED) is 0.610. The molecule has 1 rings (SSSR count). The summed E-state index contributed by atoms with van der Waals surface area (Å²) >= 11 is 0. The van der Waals surface area contributed by atoms with Crippen molar-refractivity contribution in [3.8, 4) is 0 Å². The van der Waals surface area contributed by atoms with Gasteiger partial charge in [0.1, 0.15) is 0 Å². The Kier molecular flexibility index (Phi) is 6.58. The summed E-state index contributed by atoms with van der Waals surface area (Å²) in [5.74, 6) is -1.70. The second kappa shape index (κ2) is 7.40. The van der Waals surface area contributed by atoms with Crippen molar-refractivity contribution in [3.63, 3.8) is 0 Å². The van der Waals surface area contributed by atoms with Crippen LogP contribution in [0.4, 0.5) is 0 Å². The van der Waals surface area contributed by atoms with Gasteiger partial charge in [-0.05, 0) is 18.6 Å². The average Bonchev–Trinajstić information content (AvgIpc) is 2.29. The molecule has 0 saturated heterocycles. The molecule has 94 valence electrons. The van der Waals surface area contributed by atoms with E-state index in [0.29, 0.717) is 6.61 Å². The molecule has 0 aliphatic heterocycles. The summed E-state index contributed by atoms with van der Waals surface area (Å²) in [6.07, 6.45) is 1.70. The molecule has 1 aromatic carbocycles. The first kappa shape index (κ1) is 15.1. The SMILES string of the molecule is CCCCOC(=O)c1ccccc1C(=O)O.[NH4+]. The number of rotatable bonds is 5. The highest BCUT2D eigenvalue weighted by Crippen LogP contribution is 2.10. The summed E-state index contributed by atoms with van der Waals surface area (Å²) in [5, 5.41) is 8.88. The molecule has 0 atom stereocenters. The summed E-state index contributed by atoms with van der Waals surface area (Å²) in [6.45, 7) is 2.31. The maximum Gasteiger partial charge on any atom is 0.339 e. The molecular weight excluding hydrogens is 222 g/mol. The smallest absolute Gasteiger partial charge is 0.339 e. The third-order valence-corrected chi connectivity index (χ3v) is 2.11. The van der Waals surface area contributed by atoms with Gasteiger partial charge in [0, 0.05) is 0 Å². The number of carbonyl (C=O) groups is 2. The van der Waals surface area contributed by atoms with Crippen LogP contribution in [0.25, 0.3) is 0 Å². The van der Waals surface area contributed by atoms with Crippen molar-refractivity contribution in [2.75, 3.05) is 6.61 Å². The van der Waals surface area contributed by atoms with Crippen molar-refractivity contribution in [1.29, 1.82) is 0 Å². The molecule has 0 aliphatic rings. The van der Waals surface area contributed by atoms with Crippen LogP contribution in [-0.2, 0) is 4.74 Å². The van der Waals surface area contributed by atoms with Crippen LogP contribution in [0.5, 0.6) is 0 Å². The van der Waals surface area contributed by atoms with Gasteiger partial charge in [-0.25, -0.2) is 9.59 Å². The van der Waals surface area contributed by atoms with E-state index in [1.54, 1.807) is 12.1 Å². The highest BCUT2D eigenvalue weighted by atomic mass is 16.5. The maximum atomic E-state index is 11.6. The molecule has 0 radical (unpaired) electrons. The number of hydrogen-bond acceptors (Lipinski definition) is 3. The molecule has 0 aromatic heterocycles. The fourth-order valence-electron chi connectivity index (χ4n) is 1.23. The molecule has 0 bridgehead atoms. The first-order chi connectivity index (χ1) is 7.66. The largest absolute Gasteiger partial charge is 0.478 e. The lowest BCUT2D eigenvalue weighted by Crippen LogP contribution is -2.12. The van der Waals surface area contributed by atoms with Gasteiger partial charge < -0.3 is 16.0 Å². The van der Waals surface area contributed by atoms with Crippen molar-refractivity contribution in [3.05, 3.63) is 35.4 Å². The molecule has 0 saturated carbocycles. The molecule has 0 fully saturated rings. The Hall–Kier alpha value is -1.88. The summed E-state index contributed by atoms with van der Waals surface area (Å²) in [4.78, 5) is 22.4. The van der Waals surface area contributed by atoms with Crippen LogP contribution in [0.1, 0.15) is 40.5 Å². The van der Waals surface area contributed by atoms with Crippen molar-refractivity contribution >= 4 is 11.9 Å². The minimum absolute atomic E-state index is 0. The zero-order valence-electron chi connectivity index (χ0n) is 10.1. The molecule has 0 heterocycles. The predicted molar refractivity (Wildman–Crippen MR) is 64.6 cm³/mol. The monoisotopic (exact) mass is 240 g/mol. The summed E-state index contributed by atoms with van der Waals surface area (Å²) in [5.41, 5.74) is 0.0788. The number of quaternary nitrogens is 1. The van der Waals surface area contributed by atoms with E-state index in [0.717, 1.165) is 12.8 Å². The normalized spacial score (nSPS) is 9.24. The number of carboxylic acids is 1. The zero-order chi connectivity index (χ0) is 12.0. The highest BCUT2D eigenvalue weighted by molar-refractivity contribution is 6.02. The first-order valence-electron chi connectivity index (χ1n) is 5.16. The van der Waals surface area contributed by atoms with Crippen molar-refractivity contribution in [2.45, 2.75) is 19.8 Å². The number of carboxylic acid groups (broad SMARTS) is 1. The van der Waals surface area contributed by atoms with Crippen LogP contribution < -0.4 is 6.15 Å². The van der Waals surface area contributed by atoms with E-state index in [4.69, 9.17) is 9.84 Å². The number of benzene rings is 1. The number of esters is 1. The first-order valence-corrected chi connectivity index (χ1v) is 5.16. The second-order valence-corrected chi connectivity index (χ2v) is 3.34. The molecule has 1 aromatic rings. The van der Waals surface area contributed by atoms with Gasteiger partial charge in [-0.1, -0.05) is 25.5 Å². The topological polar surface area (TPSA) is 100 Å². The van der Waals surface area contributed by atoms with Crippen molar-refractivity contribution in [2.24, 2.45) is 0 Å². The summed E-state index contributed by atoms with van der Waals surface area (Å²) < 4.78 is 4.96. The Morgan fingerprint density at radius 2 is 1.82 bits per heavy atom. The van der Waals surface area contributed by atoms with E-state index < -0.39 is 11.9 Å². The Balaban J connectivity index is 0.00000256. The molecule has 0 spiro atoms. The molecule has 17 heavy (non-hydrogen) atoms. The van der Waals surface area contributed by atoms with E-state index in [9.17, 15) is 9.59 Å². The second-order valence-electron chi connectivity index (χ2n) is 3.34. The predicted octanol–water partition coefficient (Wildman–Crippen LogP) is 2.72. The Bertz CT molecular complexity index is 390. The van der Waals surface area contributed by atoms with Gasteiger partial charge >= 0.3 is 11.9 Å². The third kappa shape index (κ3) is 4.24. The zero-order valence-corrected chi connectivity index (χ0v) is 10.1. The number of carbonyl (C=O) groups excluding carboxylic acids is 1. The van der Waals surface area contributed by atoms with E-state index in [1.165, 1.54) is 12.1 Å². The van der Waals surface area contributed by atoms with E-state index in [1.807, 2.05) is 6.92 Å². The van der Waals surface area contributed by atoms with E-state index in [2.05, 4.69) is 0 Å². The molecule has 0 aliphatic carbocycles. The van der Waals surface area contributed by atoms with E-state index in [-0.39, 0.29) is 17.3 Å². The van der Waals surface area contributed by atoms with Crippen LogP contribution in [-0.4, -0.2) is 23.7 Å². The lowest BCUT2D eigenvalue weighted by atomic mass is 10.1. The summed E-state index contributed by atoms with van der Waals surface area (Å²) in [7, 11) is 0. The van der Waals surface area contributed by atoms with Gasteiger partial charge in [-0.3, -0.25) is 0 Å². The van der Waals surface area contributed by atoms with Crippen LogP contribution in [0, 0.1) is 0 Å². The lowest BCUT2D eigenvalue weighted by molar-refractivity contribution is 0.0489. The average molecular weight is 240 g/mol. The van der Waals surface area contributed by atoms with Crippen molar-refractivity contribution in [1.82, 2.24) is 6.15 Å². The number of unbranched alkanes of at least 4 members (excludes halogenated alkanes) is 1. The van der Waals surface area contributed by atoms with Gasteiger partial charge in [0.25, 0.3) is 0 Å². The number of hydrogen-bond donors (Lipinski definition) is 2. The Labute approximate surface area is 100.0 Å². The fourth-order valence-corrected chi connectivity index (χ4v) is 1.23. The lowest BCUT2D eigenvalue weighted by Gasteiger charge is -2.06. The van der Waals surface area contributed by atoms with Crippen LogP contribution >= 0.6 is 0 Å². The molecule has 5 N–H and O–H groups in total. The molecule has 5 nitrogen and oxygen atoms in total. The van der Waals surface area contributed by atoms with Crippen LogP contribution in [0.3, 0.4) is 0 Å². The Morgan fingerprint density at radius 1 is 1.24 bits per heavy atom. The highest BCUT2D eigenvalue weighted by Gasteiger charge is 2.16. The minimum Gasteiger partial charge on any atom is -0.478 e. The van der Waals surface area contributed by atoms with Gasteiger partial charge in [0.15, 0.2) is 0 Å². The molecule has 0 amide bonds. The molecule has 5 heteroatoms. The maximum absolute atomic E-state index is 11.6. The molecular formula is C12H18NO4+. The minimum atomic E-state index is -1.12. The van der Waals surface area contributed by atoms with Gasteiger partial charge in [0.2, 0.25) is 0 Å². The van der Waals surface area contributed by atoms with Crippen molar-refractivity contribution < 1.29 is 19.4 Å². The fraction of sp³-hybridized carbons (Fsp3) is 0.333. The van der Waals surface area contributed by atoms with E-state index >= 15 is 0 Å². The van der Waals surface area contributed by atoms with Gasteiger partial charge in [-0.15, -0.1) is 0 Å². The Morgan fingerprint density at radius 3 is 2.35 bits per heavy atom. The molecule has 0 unspecified atom stereocenters. The number of aromatic carboxylic acids is 1.